The number of carbonyl (C=O) groups excluding carboxylic acids is 1. The van der Waals surface area contributed by atoms with Crippen molar-refractivity contribution >= 4 is 11.6 Å². The molecule has 0 saturated carbocycles. The van der Waals surface area contributed by atoms with Gasteiger partial charge in [-0.2, -0.15) is 0 Å². The van der Waals surface area contributed by atoms with E-state index >= 15 is 0 Å². The first kappa shape index (κ1) is 11.7. The maximum atomic E-state index is 11.3. The highest BCUT2D eigenvalue weighted by Gasteiger charge is 2.17. The molecule has 2 aromatic heterocycles. The number of nitrogens with two attached hydrogens (primary N) is 2. The SMILES string of the molecule is NC(=O)c1cc(-n2cnc3c2CCCC3)ncc1N. The molecular formula is C13H15N5O. The highest BCUT2D eigenvalue weighted by molar-refractivity contribution is 5.98. The lowest BCUT2D eigenvalue weighted by molar-refractivity contribution is 0.100. The topological polar surface area (TPSA) is 99.8 Å². The zero-order valence-corrected chi connectivity index (χ0v) is 10.5. The summed E-state index contributed by atoms with van der Waals surface area (Å²) < 4.78 is 1.92. The van der Waals surface area contributed by atoms with E-state index in [-0.39, 0.29) is 0 Å². The number of pyridine rings is 1. The van der Waals surface area contributed by atoms with Crippen molar-refractivity contribution in [3.05, 3.63) is 35.5 Å². The van der Waals surface area contributed by atoms with Gasteiger partial charge in [0.1, 0.15) is 12.1 Å². The zero-order valence-electron chi connectivity index (χ0n) is 10.5. The van der Waals surface area contributed by atoms with Crippen LogP contribution in [0.4, 0.5) is 5.69 Å². The fraction of sp³-hybridized carbons (Fsp3) is 0.308. The van der Waals surface area contributed by atoms with Gasteiger partial charge in [-0.05, 0) is 31.7 Å². The van der Waals surface area contributed by atoms with Crippen molar-refractivity contribution in [2.24, 2.45) is 5.73 Å². The number of hydrogen-bond donors (Lipinski definition) is 2. The van der Waals surface area contributed by atoms with Crippen molar-refractivity contribution in [2.75, 3.05) is 5.73 Å². The fourth-order valence-corrected chi connectivity index (χ4v) is 2.47. The molecule has 0 radical (unpaired) electrons. The van der Waals surface area contributed by atoms with Crippen LogP contribution in [0.15, 0.2) is 18.6 Å². The quantitative estimate of drug-likeness (QED) is 0.832. The van der Waals surface area contributed by atoms with Crippen molar-refractivity contribution in [3.8, 4) is 5.82 Å². The number of nitrogens with zero attached hydrogens (tertiary/aromatic N) is 3. The van der Waals surface area contributed by atoms with Crippen LogP contribution in [0.5, 0.6) is 0 Å². The Bertz CT molecular complexity index is 646. The van der Waals surface area contributed by atoms with Gasteiger partial charge in [-0.15, -0.1) is 0 Å². The molecule has 0 unspecified atom stereocenters. The van der Waals surface area contributed by atoms with E-state index in [9.17, 15) is 4.79 Å². The lowest BCUT2D eigenvalue weighted by atomic mass is 10.0. The summed E-state index contributed by atoms with van der Waals surface area (Å²) in [7, 11) is 0. The summed E-state index contributed by atoms with van der Waals surface area (Å²) in [4.78, 5) is 20.0. The predicted molar refractivity (Wildman–Crippen MR) is 70.9 cm³/mol. The fourth-order valence-electron chi connectivity index (χ4n) is 2.47. The summed E-state index contributed by atoms with van der Waals surface area (Å²) in [5.74, 6) is 0.0915. The van der Waals surface area contributed by atoms with Gasteiger partial charge in [0.25, 0.3) is 5.91 Å². The van der Waals surface area contributed by atoms with Gasteiger partial charge in [-0.1, -0.05) is 0 Å². The first-order valence-electron chi connectivity index (χ1n) is 6.27. The molecule has 0 atom stereocenters. The van der Waals surface area contributed by atoms with E-state index < -0.39 is 5.91 Å². The van der Waals surface area contributed by atoms with E-state index in [0.29, 0.717) is 17.1 Å². The Morgan fingerprint density at radius 2 is 2.05 bits per heavy atom. The van der Waals surface area contributed by atoms with Crippen LogP contribution in [-0.2, 0) is 12.8 Å². The zero-order chi connectivity index (χ0) is 13.4. The molecule has 19 heavy (non-hydrogen) atoms. The van der Waals surface area contributed by atoms with Crippen molar-refractivity contribution in [1.82, 2.24) is 14.5 Å². The average molecular weight is 257 g/mol. The molecule has 1 aliphatic rings. The van der Waals surface area contributed by atoms with Crippen LogP contribution < -0.4 is 11.5 Å². The molecule has 4 N–H and O–H groups in total. The van der Waals surface area contributed by atoms with Crippen LogP contribution in [0.1, 0.15) is 34.6 Å². The van der Waals surface area contributed by atoms with Gasteiger partial charge < -0.3 is 11.5 Å². The van der Waals surface area contributed by atoms with E-state index in [2.05, 4.69) is 9.97 Å². The molecule has 6 nitrogen and oxygen atoms in total. The Balaban J connectivity index is 2.10. The minimum absolute atomic E-state index is 0.295. The number of carbonyl (C=O) groups is 1. The minimum atomic E-state index is -0.546. The molecular weight excluding hydrogens is 242 g/mol. The van der Waals surface area contributed by atoms with E-state index in [4.69, 9.17) is 11.5 Å². The van der Waals surface area contributed by atoms with Crippen molar-refractivity contribution in [3.63, 3.8) is 0 Å². The molecule has 0 bridgehead atoms. The number of anilines is 1. The second-order valence-corrected chi connectivity index (χ2v) is 4.71. The standard InChI is InChI=1S/C13H15N5O/c14-9-6-16-12(5-8(9)13(15)19)18-7-17-10-3-1-2-4-11(10)18/h5-7H,1-4,14H2,(H2,15,19). The Hall–Kier alpha value is -2.37. The van der Waals surface area contributed by atoms with Crippen molar-refractivity contribution in [1.29, 1.82) is 0 Å². The molecule has 3 rings (SSSR count). The largest absolute Gasteiger partial charge is 0.397 e. The van der Waals surface area contributed by atoms with Crippen LogP contribution in [-0.4, -0.2) is 20.4 Å². The predicted octanol–water partition coefficient (Wildman–Crippen LogP) is 0.827. The lowest BCUT2D eigenvalue weighted by Gasteiger charge is -2.14. The smallest absolute Gasteiger partial charge is 0.250 e. The van der Waals surface area contributed by atoms with Gasteiger partial charge in [0.05, 0.1) is 23.1 Å². The van der Waals surface area contributed by atoms with Gasteiger partial charge in [0.2, 0.25) is 0 Å². The summed E-state index contributed by atoms with van der Waals surface area (Å²) in [6.45, 7) is 0. The van der Waals surface area contributed by atoms with Gasteiger partial charge in [-0.25, -0.2) is 9.97 Å². The molecule has 1 amide bonds. The lowest BCUT2D eigenvalue weighted by Crippen LogP contribution is -2.15. The van der Waals surface area contributed by atoms with Crippen LogP contribution in [0.3, 0.4) is 0 Å². The molecule has 6 heteroatoms. The third-order valence-corrected chi connectivity index (χ3v) is 3.46. The molecule has 0 saturated heterocycles. The number of rotatable bonds is 2. The highest BCUT2D eigenvalue weighted by Crippen LogP contribution is 2.23. The van der Waals surface area contributed by atoms with Crippen LogP contribution in [0.2, 0.25) is 0 Å². The van der Waals surface area contributed by atoms with Gasteiger partial charge in [0.15, 0.2) is 0 Å². The summed E-state index contributed by atoms with van der Waals surface area (Å²) in [6, 6.07) is 1.62. The molecule has 1 aliphatic carbocycles. The van der Waals surface area contributed by atoms with Gasteiger partial charge in [0, 0.05) is 5.69 Å². The number of hydrogen-bond acceptors (Lipinski definition) is 4. The average Bonchev–Trinajstić information content (AvgIpc) is 2.83. The maximum Gasteiger partial charge on any atom is 0.250 e. The molecule has 0 aliphatic heterocycles. The molecule has 0 spiro atoms. The van der Waals surface area contributed by atoms with E-state index in [0.717, 1.165) is 25.0 Å². The Morgan fingerprint density at radius 3 is 2.84 bits per heavy atom. The molecule has 98 valence electrons. The Morgan fingerprint density at radius 1 is 1.26 bits per heavy atom. The first-order valence-corrected chi connectivity index (χ1v) is 6.27. The van der Waals surface area contributed by atoms with Crippen LogP contribution in [0.25, 0.3) is 5.82 Å². The number of primary amides is 1. The summed E-state index contributed by atoms with van der Waals surface area (Å²) in [5.41, 5.74) is 13.9. The summed E-state index contributed by atoms with van der Waals surface area (Å²) in [6.07, 6.45) is 7.51. The summed E-state index contributed by atoms with van der Waals surface area (Å²) >= 11 is 0. The van der Waals surface area contributed by atoms with E-state index in [1.165, 1.54) is 18.3 Å². The molecule has 0 fully saturated rings. The number of fused-ring (bicyclic) bond motifs is 1. The molecule has 0 aromatic carbocycles. The monoisotopic (exact) mass is 257 g/mol. The number of nitrogen functional groups attached to an aromatic ring is 1. The molecule has 2 heterocycles. The summed E-state index contributed by atoms with van der Waals surface area (Å²) in [5, 5.41) is 0. The second-order valence-electron chi connectivity index (χ2n) is 4.71. The minimum Gasteiger partial charge on any atom is -0.397 e. The second kappa shape index (κ2) is 4.38. The third kappa shape index (κ3) is 1.95. The first-order chi connectivity index (χ1) is 9.16. The van der Waals surface area contributed by atoms with Crippen LogP contribution in [0, 0.1) is 0 Å². The van der Waals surface area contributed by atoms with Crippen molar-refractivity contribution in [2.45, 2.75) is 25.7 Å². The van der Waals surface area contributed by atoms with E-state index in [1.54, 1.807) is 12.4 Å². The highest BCUT2D eigenvalue weighted by atomic mass is 16.1. The van der Waals surface area contributed by atoms with Gasteiger partial charge >= 0.3 is 0 Å². The number of aryl methyl sites for hydroxylation is 1. The Kier molecular flexibility index (Phi) is 2.70. The normalized spacial score (nSPS) is 14.1. The van der Waals surface area contributed by atoms with E-state index in [1.807, 2.05) is 4.57 Å². The Labute approximate surface area is 110 Å². The third-order valence-electron chi connectivity index (χ3n) is 3.46. The maximum absolute atomic E-state index is 11.3. The number of aromatic nitrogens is 3. The van der Waals surface area contributed by atoms with Crippen LogP contribution >= 0.6 is 0 Å². The molecule has 2 aromatic rings. The van der Waals surface area contributed by atoms with Crippen molar-refractivity contribution < 1.29 is 4.79 Å². The number of imidazole rings is 1. The number of amides is 1. The van der Waals surface area contributed by atoms with Gasteiger partial charge in [-0.3, -0.25) is 9.36 Å².